The Balaban J connectivity index is 0.000000216. The van der Waals surface area contributed by atoms with E-state index < -0.39 is 22.7 Å². The number of ether oxygens (including phenoxy) is 4. The first-order valence-corrected chi connectivity index (χ1v) is 30.4. The highest BCUT2D eigenvalue weighted by Gasteiger charge is 2.34. The zero-order valence-corrected chi connectivity index (χ0v) is 45.2. The van der Waals surface area contributed by atoms with Gasteiger partial charge in [-0.25, -0.2) is 0 Å². The van der Waals surface area contributed by atoms with E-state index in [1.807, 2.05) is 111 Å². The van der Waals surface area contributed by atoms with Crippen molar-refractivity contribution in [2.45, 2.75) is 58.7 Å². The van der Waals surface area contributed by atoms with Crippen molar-refractivity contribution in [3.05, 3.63) is 241 Å². The van der Waals surface area contributed by atoms with Crippen molar-refractivity contribution in [3.8, 4) is 23.0 Å². The Hall–Kier alpha value is -7.06. The van der Waals surface area contributed by atoms with Gasteiger partial charge in [0, 0.05) is 13.2 Å². The molecule has 74 heavy (non-hydrogen) atoms. The van der Waals surface area contributed by atoms with E-state index in [2.05, 4.69) is 134 Å². The number of aliphatic hydroxyl groups is 1. The molecule has 8 rings (SSSR count). The average Bonchev–Trinajstić information content (AvgIpc) is 3.45. The van der Waals surface area contributed by atoms with Crippen LogP contribution in [0.25, 0.3) is 0 Å². The van der Waals surface area contributed by atoms with Crippen molar-refractivity contribution < 1.29 is 37.7 Å². The Bertz CT molecular complexity index is 2750. The van der Waals surface area contributed by atoms with Crippen LogP contribution in [0.1, 0.15) is 35.1 Å². The molecule has 0 spiro atoms. The molecule has 1 atom stereocenters. The fourth-order valence-corrected chi connectivity index (χ4v) is 14.1. The molecule has 0 aliphatic rings. The highest BCUT2D eigenvalue weighted by atomic mass is 28.4. The lowest BCUT2D eigenvalue weighted by Crippen LogP contribution is -2.58. The van der Waals surface area contributed by atoms with Crippen molar-refractivity contribution >= 4 is 43.2 Å². The van der Waals surface area contributed by atoms with Crippen LogP contribution in [0.4, 0.5) is 0 Å². The molecule has 0 amide bonds. The van der Waals surface area contributed by atoms with Crippen molar-refractivity contribution in [2.24, 2.45) is 0 Å². The molecule has 1 unspecified atom stereocenters. The standard InChI is InChI=1S/C32H36O4Si.C32H34O4Si/c2*1-26-15-19-29(20-16-26)34-24-28(33)25-35-30-21-17-27(18-22-30)10-9-23-36-37(2,31-11-5-3-6-12-31)32-13-7-4-8-14-32/h3-8,11-22,28,33H,9-10,23-25H2,1-2H3;3-8,11-22H,9-10,23-25H2,1-2H3. The van der Waals surface area contributed by atoms with Gasteiger partial charge >= 0.3 is 0 Å². The van der Waals surface area contributed by atoms with Crippen LogP contribution in [-0.2, 0) is 26.5 Å². The van der Waals surface area contributed by atoms with Crippen molar-refractivity contribution in [1.29, 1.82) is 0 Å². The van der Waals surface area contributed by atoms with E-state index in [1.54, 1.807) is 0 Å². The number of aryl methyl sites for hydroxylation is 4. The summed E-state index contributed by atoms with van der Waals surface area (Å²) in [6, 6.07) is 73.7. The van der Waals surface area contributed by atoms with E-state index in [0.717, 1.165) is 42.7 Å². The van der Waals surface area contributed by atoms with E-state index >= 15 is 0 Å². The second kappa shape index (κ2) is 28.4. The number of aliphatic hydroxyl groups excluding tert-OH is 1. The zero-order chi connectivity index (χ0) is 51.9. The van der Waals surface area contributed by atoms with Crippen molar-refractivity contribution in [1.82, 2.24) is 0 Å². The quantitative estimate of drug-likeness (QED) is 0.0424. The molecule has 8 aromatic rings. The number of rotatable bonds is 26. The third kappa shape index (κ3) is 17.0. The fourth-order valence-electron chi connectivity index (χ4n) is 8.37. The van der Waals surface area contributed by atoms with Crippen LogP contribution in [0.5, 0.6) is 23.0 Å². The molecular formula is C64H70O8Si2. The molecule has 0 aromatic heterocycles. The Morgan fingerprint density at radius 1 is 0.405 bits per heavy atom. The third-order valence-electron chi connectivity index (χ3n) is 12.9. The van der Waals surface area contributed by atoms with Gasteiger partial charge in [-0.1, -0.05) is 181 Å². The Labute approximate surface area is 440 Å². The minimum atomic E-state index is -2.26. The lowest BCUT2D eigenvalue weighted by Gasteiger charge is -2.28. The molecule has 10 heteroatoms. The normalized spacial score (nSPS) is 11.7. The predicted molar refractivity (Wildman–Crippen MR) is 304 cm³/mol. The summed E-state index contributed by atoms with van der Waals surface area (Å²) < 4.78 is 35.8. The van der Waals surface area contributed by atoms with Crippen LogP contribution in [-0.4, -0.2) is 73.3 Å². The maximum absolute atomic E-state index is 12.1. The molecule has 0 saturated carbocycles. The lowest BCUT2D eigenvalue weighted by molar-refractivity contribution is -0.123. The highest BCUT2D eigenvalue weighted by Crippen LogP contribution is 2.18. The van der Waals surface area contributed by atoms with Crippen LogP contribution < -0.4 is 39.7 Å². The van der Waals surface area contributed by atoms with E-state index in [1.165, 1.54) is 37.4 Å². The third-order valence-corrected chi connectivity index (χ3v) is 20.2. The van der Waals surface area contributed by atoms with Gasteiger partial charge in [0.25, 0.3) is 16.6 Å². The largest absolute Gasteiger partial charge is 0.491 e. The fraction of sp³-hybridized carbons (Fsp3) is 0.234. The molecular weight excluding hydrogens is 953 g/mol. The lowest BCUT2D eigenvalue weighted by atomic mass is 10.1. The van der Waals surface area contributed by atoms with Crippen LogP contribution in [0.3, 0.4) is 0 Å². The predicted octanol–water partition coefficient (Wildman–Crippen LogP) is 10.5. The first kappa shape index (κ1) is 54.7. The summed E-state index contributed by atoms with van der Waals surface area (Å²) >= 11 is 0. The monoisotopic (exact) mass is 1020 g/mol. The summed E-state index contributed by atoms with van der Waals surface area (Å²) in [4.78, 5) is 12.1. The van der Waals surface area contributed by atoms with Gasteiger partial charge in [0.15, 0.2) is 0 Å². The molecule has 1 N–H and O–H groups in total. The van der Waals surface area contributed by atoms with Gasteiger partial charge in [0.2, 0.25) is 5.78 Å². The maximum atomic E-state index is 12.1. The molecule has 0 bridgehead atoms. The molecule has 0 radical (unpaired) electrons. The molecule has 0 aliphatic carbocycles. The second-order valence-electron chi connectivity index (χ2n) is 18.7. The summed E-state index contributed by atoms with van der Waals surface area (Å²) in [7, 11) is -4.52. The summed E-state index contributed by atoms with van der Waals surface area (Å²) in [5.74, 6) is 2.74. The van der Waals surface area contributed by atoms with Gasteiger partial charge < -0.3 is 32.9 Å². The average molecular weight is 1020 g/mol. The van der Waals surface area contributed by atoms with E-state index in [4.69, 9.17) is 27.8 Å². The number of carbonyl (C=O) groups is 1. The maximum Gasteiger partial charge on any atom is 0.252 e. The van der Waals surface area contributed by atoms with Gasteiger partial charge in [-0.15, -0.1) is 0 Å². The van der Waals surface area contributed by atoms with Crippen molar-refractivity contribution in [2.75, 3.05) is 39.6 Å². The Morgan fingerprint density at radius 3 is 1.00 bits per heavy atom. The molecule has 0 fully saturated rings. The minimum Gasteiger partial charge on any atom is -0.491 e. The molecule has 8 nitrogen and oxygen atoms in total. The van der Waals surface area contributed by atoms with Gasteiger partial charge in [-0.3, -0.25) is 4.79 Å². The van der Waals surface area contributed by atoms with Crippen molar-refractivity contribution in [3.63, 3.8) is 0 Å². The van der Waals surface area contributed by atoms with Crippen LogP contribution in [0.2, 0.25) is 13.1 Å². The summed E-state index contributed by atoms with van der Waals surface area (Å²) in [5.41, 5.74) is 4.78. The number of Topliss-reactive ketones (excluding diaryl/α,β-unsaturated/α-hetero) is 1. The molecule has 0 heterocycles. The first-order chi connectivity index (χ1) is 36.1. The molecule has 382 valence electrons. The first-order valence-electron chi connectivity index (χ1n) is 25.6. The summed E-state index contributed by atoms with van der Waals surface area (Å²) in [6.45, 7) is 10.4. The highest BCUT2D eigenvalue weighted by molar-refractivity contribution is 6.97. The van der Waals surface area contributed by atoms with Gasteiger partial charge in [-0.2, -0.15) is 0 Å². The van der Waals surface area contributed by atoms with E-state index in [-0.39, 0.29) is 32.2 Å². The number of carbonyl (C=O) groups excluding carboxylic acids is 1. The van der Waals surface area contributed by atoms with E-state index in [9.17, 15) is 9.90 Å². The number of hydrogen-bond acceptors (Lipinski definition) is 8. The van der Waals surface area contributed by atoms with Crippen LogP contribution in [0, 0.1) is 13.8 Å². The summed E-state index contributed by atoms with van der Waals surface area (Å²) in [5, 5.41) is 15.3. The molecule has 8 aromatic carbocycles. The Kier molecular flexibility index (Phi) is 21.0. The van der Waals surface area contributed by atoms with E-state index in [0.29, 0.717) is 24.7 Å². The number of hydrogen-bond donors (Lipinski definition) is 1. The van der Waals surface area contributed by atoms with Gasteiger partial charge in [-0.05, 0) is 133 Å². The summed E-state index contributed by atoms with van der Waals surface area (Å²) in [6.07, 6.45) is 3.01. The number of ketones is 1. The minimum absolute atomic E-state index is 0.00462. The number of benzene rings is 8. The Morgan fingerprint density at radius 2 is 0.689 bits per heavy atom. The smallest absolute Gasteiger partial charge is 0.252 e. The zero-order valence-electron chi connectivity index (χ0n) is 43.2. The SMILES string of the molecule is Cc1ccc(OCC(=O)COc2ccc(CCCO[Si](C)(c3ccccc3)c3ccccc3)cc2)cc1.Cc1ccc(OCC(O)COc2ccc(CCCO[Si](C)(c3ccccc3)c3ccccc3)cc2)cc1. The second-order valence-corrected chi connectivity index (χ2v) is 25.8. The van der Waals surface area contributed by atoms with Gasteiger partial charge in [0.1, 0.15) is 55.5 Å². The molecule has 0 aliphatic heterocycles. The topological polar surface area (TPSA) is 92.7 Å². The van der Waals surface area contributed by atoms with Gasteiger partial charge in [0.05, 0.1) is 0 Å². The van der Waals surface area contributed by atoms with Crippen LogP contribution >= 0.6 is 0 Å². The molecule has 0 saturated heterocycles. The van der Waals surface area contributed by atoms with Crippen LogP contribution in [0.15, 0.2) is 218 Å².